The predicted octanol–water partition coefficient (Wildman–Crippen LogP) is 5.13. The topological polar surface area (TPSA) is 72.9 Å². The lowest BCUT2D eigenvalue weighted by molar-refractivity contribution is 0.102. The maximum atomic E-state index is 13.4. The van der Waals surface area contributed by atoms with Crippen LogP contribution in [0.2, 0.25) is 5.02 Å². The first-order valence-electron chi connectivity index (χ1n) is 10.2. The van der Waals surface area contributed by atoms with E-state index >= 15 is 0 Å². The van der Waals surface area contributed by atoms with Crippen molar-refractivity contribution in [1.29, 1.82) is 0 Å². The van der Waals surface area contributed by atoms with Crippen molar-refractivity contribution >= 4 is 52.5 Å². The number of hydrogen-bond donors (Lipinski definition) is 2. The van der Waals surface area contributed by atoms with Gasteiger partial charge < -0.3 is 11.1 Å². The van der Waals surface area contributed by atoms with Crippen LogP contribution in [-0.4, -0.2) is 31.3 Å². The largest absolute Gasteiger partial charge is 0.383 e. The van der Waals surface area contributed by atoms with Crippen molar-refractivity contribution < 1.29 is 9.18 Å². The molecule has 1 saturated heterocycles. The van der Waals surface area contributed by atoms with Crippen molar-refractivity contribution in [2.45, 2.75) is 35.7 Å². The van der Waals surface area contributed by atoms with Crippen molar-refractivity contribution in [3.8, 4) is 0 Å². The van der Waals surface area contributed by atoms with Crippen LogP contribution in [-0.2, 0) is 7.05 Å². The molecule has 0 bridgehead atoms. The molecule has 2 atom stereocenters. The van der Waals surface area contributed by atoms with E-state index in [1.54, 1.807) is 11.7 Å². The highest BCUT2D eigenvalue weighted by Gasteiger charge is 2.52. The molecule has 5 nitrogen and oxygen atoms in total. The van der Waals surface area contributed by atoms with Crippen LogP contribution in [0.4, 0.5) is 15.9 Å². The lowest BCUT2D eigenvalue weighted by Crippen LogP contribution is -2.17. The summed E-state index contributed by atoms with van der Waals surface area (Å²) in [5.74, 6) is 3.68. The zero-order valence-corrected chi connectivity index (χ0v) is 19.0. The standard InChI is InChI=1S/C21H24ClFN4OS2/c1-27-19(24)17(20(28)25-14-2-3-16(23)15(22)8-14)18(26-27)11-6-12-9-21(10-13(12)7-11)29-4-5-30-21/h2-3,8,11-13H,4-7,9-10,24H2,1H3,(H,25,28). The highest BCUT2D eigenvalue weighted by atomic mass is 35.5. The van der Waals surface area contributed by atoms with Crippen LogP contribution in [0.3, 0.4) is 0 Å². The first-order valence-corrected chi connectivity index (χ1v) is 12.6. The maximum absolute atomic E-state index is 13.4. The fourth-order valence-electron chi connectivity index (χ4n) is 5.39. The molecule has 2 aliphatic carbocycles. The van der Waals surface area contributed by atoms with Gasteiger partial charge >= 0.3 is 0 Å². The number of nitrogen functional groups attached to an aromatic ring is 1. The number of thioether (sulfide) groups is 2. The molecule has 3 fully saturated rings. The number of hydrogen-bond acceptors (Lipinski definition) is 5. The Kier molecular flexibility index (Phi) is 5.22. The van der Waals surface area contributed by atoms with E-state index in [1.807, 2.05) is 0 Å². The molecule has 0 radical (unpaired) electrons. The quantitative estimate of drug-likeness (QED) is 0.656. The van der Waals surface area contributed by atoms with Gasteiger partial charge in [0.1, 0.15) is 17.2 Å². The zero-order chi connectivity index (χ0) is 21.0. The number of nitrogens with zero attached hydrogens (tertiary/aromatic N) is 2. The van der Waals surface area contributed by atoms with Gasteiger partial charge in [0.05, 0.1) is 14.8 Å². The van der Waals surface area contributed by atoms with Gasteiger partial charge in [0.25, 0.3) is 5.91 Å². The number of rotatable bonds is 3. The molecule has 2 unspecified atom stereocenters. The molecule has 1 aromatic carbocycles. The maximum Gasteiger partial charge on any atom is 0.261 e. The van der Waals surface area contributed by atoms with Crippen LogP contribution < -0.4 is 11.1 Å². The second-order valence-corrected chi connectivity index (χ2v) is 12.2. The lowest BCUT2D eigenvalue weighted by atomic mass is 9.96. The van der Waals surface area contributed by atoms with E-state index in [1.165, 1.54) is 42.5 Å². The van der Waals surface area contributed by atoms with E-state index in [0.717, 1.165) is 18.5 Å². The Morgan fingerprint density at radius 2 is 1.97 bits per heavy atom. The normalized spacial score (nSPS) is 27.0. The second-order valence-electron chi connectivity index (χ2n) is 8.56. The molecule has 5 rings (SSSR count). The van der Waals surface area contributed by atoms with E-state index in [2.05, 4.69) is 33.9 Å². The molecular formula is C21H24ClFN4OS2. The third-order valence-electron chi connectivity index (χ3n) is 6.71. The Morgan fingerprint density at radius 1 is 1.30 bits per heavy atom. The van der Waals surface area contributed by atoms with Crippen LogP contribution in [0.25, 0.3) is 0 Å². The number of aryl methyl sites for hydroxylation is 1. The number of benzene rings is 1. The Morgan fingerprint density at radius 3 is 2.60 bits per heavy atom. The summed E-state index contributed by atoms with van der Waals surface area (Å²) < 4.78 is 15.5. The molecule has 3 aliphatic rings. The van der Waals surface area contributed by atoms with Crippen LogP contribution in [0.5, 0.6) is 0 Å². The molecule has 9 heteroatoms. The molecular weight excluding hydrogens is 443 g/mol. The van der Waals surface area contributed by atoms with Crippen LogP contribution in [0.1, 0.15) is 47.7 Å². The Balaban J connectivity index is 1.36. The summed E-state index contributed by atoms with van der Waals surface area (Å²) in [6.45, 7) is 0. The van der Waals surface area contributed by atoms with Gasteiger partial charge in [-0.1, -0.05) is 11.6 Å². The van der Waals surface area contributed by atoms with Crippen molar-refractivity contribution in [2.24, 2.45) is 18.9 Å². The number of amides is 1. The Labute approximate surface area is 188 Å². The van der Waals surface area contributed by atoms with Crippen molar-refractivity contribution in [3.63, 3.8) is 0 Å². The van der Waals surface area contributed by atoms with Gasteiger partial charge in [-0.05, 0) is 55.7 Å². The smallest absolute Gasteiger partial charge is 0.261 e. The number of nitrogens with one attached hydrogen (secondary N) is 1. The number of carbonyl (C=O) groups is 1. The number of carbonyl (C=O) groups excluding carboxylic acids is 1. The van der Waals surface area contributed by atoms with Crippen molar-refractivity contribution in [3.05, 3.63) is 40.3 Å². The number of halogens is 2. The Bertz CT molecular complexity index is 991. The first-order chi connectivity index (χ1) is 14.3. The van der Waals surface area contributed by atoms with E-state index < -0.39 is 5.82 Å². The average molecular weight is 467 g/mol. The van der Waals surface area contributed by atoms with Gasteiger partial charge in [0, 0.05) is 30.2 Å². The van der Waals surface area contributed by atoms with Gasteiger partial charge in [0.15, 0.2) is 0 Å². The highest BCUT2D eigenvalue weighted by molar-refractivity contribution is 8.21. The van der Waals surface area contributed by atoms with E-state index in [-0.39, 0.29) is 16.8 Å². The van der Waals surface area contributed by atoms with E-state index in [4.69, 9.17) is 17.3 Å². The minimum atomic E-state index is -0.523. The molecule has 1 aromatic heterocycles. The van der Waals surface area contributed by atoms with Crippen LogP contribution >= 0.6 is 35.1 Å². The third kappa shape index (κ3) is 3.50. The fraction of sp³-hybridized carbons (Fsp3) is 0.524. The molecule has 1 aliphatic heterocycles. The van der Waals surface area contributed by atoms with Gasteiger partial charge in [-0.2, -0.15) is 5.10 Å². The SMILES string of the molecule is Cn1nc(C2CC3CC4(CC3C2)SCCS4)c(C(=O)Nc2ccc(F)c(Cl)c2)c1N. The third-order valence-corrected chi connectivity index (χ3v) is 10.5. The molecule has 2 heterocycles. The summed E-state index contributed by atoms with van der Waals surface area (Å²) >= 11 is 10.1. The number of nitrogens with two attached hydrogens (primary N) is 1. The molecule has 160 valence electrons. The van der Waals surface area contributed by atoms with Crippen LogP contribution in [0.15, 0.2) is 18.2 Å². The summed E-state index contributed by atoms with van der Waals surface area (Å²) in [5, 5.41) is 7.41. The van der Waals surface area contributed by atoms with E-state index in [9.17, 15) is 9.18 Å². The summed E-state index contributed by atoms with van der Waals surface area (Å²) in [7, 11) is 1.76. The molecule has 2 saturated carbocycles. The van der Waals surface area contributed by atoms with Crippen LogP contribution in [0, 0.1) is 17.7 Å². The monoisotopic (exact) mass is 466 g/mol. The zero-order valence-electron chi connectivity index (χ0n) is 16.7. The number of fused-ring (bicyclic) bond motifs is 1. The number of aromatic nitrogens is 2. The molecule has 1 spiro atoms. The number of anilines is 2. The second kappa shape index (κ2) is 7.64. The van der Waals surface area contributed by atoms with Crippen molar-refractivity contribution in [2.75, 3.05) is 22.6 Å². The minimum Gasteiger partial charge on any atom is -0.383 e. The lowest BCUT2D eigenvalue weighted by Gasteiger charge is -2.23. The summed E-state index contributed by atoms with van der Waals surface area (Å²) in [5.41, 5.74) is 7.89. The van der Waals surface area contributed by atoms with Crippen molar-refractivity contribution in [1.82, 2.24) is 9.78 Å². The van der Waals surface area contributed by atoms with Gasteiger partial charge in [0.2, 0.25) is 0 Å². The van der Waals surface area contributed by atoms with Gasteiger partial charge in [-0.25, -0.2) is 4.39 Å². The average Bonchev–Trinajstić information content (AvgIpc) is 3.44. The first kappa shape index (κ1) is 20.5. The fourth-order valence-corrected chi connectivity index (χ4v) is 9.15. The molecule has 3 N–H and O–H groups in total. The van der Waals surface area contributed by atoms with Gasteiger partial charge in [-0.15, -0.1) is 23.5 Å². The summed E-state index contributed by atoms with van der Waals surface area (Å²) in [6, 6.07) is 4.12. The minimum absolute atomic E-state index is 0.0348. The summed E-state index contributed by atoms with van der Waals surface area (Å²) in [6.07, 6.45) is 4.65. The predicted molar refractivity (Wildman–Crippen MR) is 123 cm³/mol. The summed E-state index contributed by atoms with van der Waals surface area (Å²) in [4.78, 5) is 13.1. The Hall–Kier alpha value is -1.38. The molecule has 30 heavy (non-hydrogen) atoms. The van der Waals surface area contributed by atoms with Gasteiger partial charge in [-0.3, -0.25) is 9.48 Å². The molecule has 1 amide bonds. The molecule has 2 aromatic rings. The highest BCUT2D eigenvalue weighted by Crippen LogP contribution is 2.63. The van der Waals surface area contributed by atoms with E-state index in [0.29, 0.717) is 33.0 Å².